The summed E-state index contributed by atoms with van der Waals surface area (Å²) < 4.78 is 5.03. The zero-order valence-electron chi connectivity index (χ0n) is 8.99. The molecule has 1 rings (SSSR count). The van der Waals surface area contributed by atoms with Crippen molar-refractivity contribution in [3.8, 4) is 5.75 Å². The third-order valence-corrected chi connectivity index (χ3v) is 1.96. The molecule has 15 heavy (non-hydrogen) atoms. The highest BCUT2D eigenvalue weighted by Crippen LogP contribution is 2.16. The zero-order chi connectivity index (χ0) is 11.4. The zero-order valence-corrected chi connectivity index (χ0v) is 8.99. The number of ether oxygens (including phenoxy) is 1. The van der Waals surface area contributed by atoms with Crippen molar-refractivity contribution in [1.82, 2.24) is 0 Å². The highest BCUT2D eigenvalue weighted by molar-refractivity contribution is 5.88. The van der Waals surface area contributed by atoms with Crippen molar-refractivity contribution in [2.45, 2.75) is 19.9 Å². The van der Waals surface area contributed by atoms with Crippen LogP contribution in [-0.2, 0) is 4.79 Å². The summed E-state index contributed by atoms with van der Waals surface area (Å²) in [5, 5.41) is 0. The predicted molar refractivity (Wildman–Crippen MR) is 59.5 cm³/mol. The second kappa shape index (κ2) is 4.75. The van der Waals surface area contributed by atoms with Crippen molar-refractivity contribution in [1.29, 1.82) is 0 Å². The van der Waals surface area contributed by atoms with Gasteiger partial charge in [0.15, 0.2) is 0 Å². The van der Waals surface area contributed by atoms with Crippen molar-refractivity contribution in [2.24, 2.45) is 5.73 Å². The smallest absolute Gasteiger partial charge is 0.338 e. The van der Waals surface area contributed by atoms with E-state index in [1.54, 1.807) is 19.1 Å². The topological polar surface area (TPSA) is 52.3 Å². The summed E-state index contributed by atoms with van der Waals surface area (Å²) in [5.74, 6) is 0.0935. The maximum absolute atomic E-state index is 11.2. The lowest BCUT2D eigenvalue weighted by Crippen LogP contribution is -2.09. The quantitative estimate of drug-likeness (QED) is 0.467. The van der Waals surface area contributed by atoms with E-state index in [9.17, 15) is 4.79 Å². The Morgan fingerprint density at radius 2 is 1.93 bits per heavy atom. The fourth-order valence-electron chi connectivity index (χ4n) is 1.03. The molecular weight excluding hydrogens is 190 g/mol. The van der Waals surface area contributed by atoms with Gasteiger partial charge < -0.3 is 10.5 Å². The van der Waals surface area contributed by atoms with E-state index in [1.807, 2.05) is 19.1 Å². The van der Waals surface area contributed by atoms with E-state index in [4.69, 9.17) is 10.5 Å². The summed E-state index contributed by atoms with van der Waals surface area (Å²) >= 11 is 0. The molecule has 3 nitrogen and oxygen atoms in total. The molecule has 0 aliphatic carbocycles. The van der Waals surface area contributed by atoms with Gasteiger partial charge in [-0.15, -0.1) is 0 Å². The lowest BCUT2D eigenvalue weighted by molar-refractivity contribution is -0.130. The average Bonchev–Trinajstić information content (AvgIpc) is 2.18. The minimum absolute atomic E-state index is 0.0177. The van der Waals surface area contributed by atoms with Crippen LogP contribution < -0.4 is 10.5 Å². The molecule has 1 atom stereocenters. The van der Waals surface area contributed by atoms with Gasteiger partial charge in [0, 0.05) is 11.6 Å². The number of benzene rings is 1. The first-order valence-electron chi connectivity index (χ1n) is 4.74. The van der Waals surface area contributed by atoms with Gasteiger partial charge in [0.2, 0.25) is 0 Å². The molecule has 0 aromatic heterocycles. The monoisotopic (exact) mass is 205 g/mol. The Morgan fingerprint density at radius 1 is 1.40 bits per heavy atom. The molecule has 0 aliphatic heterocycles. The minimum Gasteiger partial charge on any atom is -0.423 e. The van der Waals surface area contributed by atoms with Crippen LogP contribution >= 0.6 is 0 Å². The molecule has 80 valence electrons. The maximum atomic E-state index is 11.2. The summed E-state index contributed by atoms with van der Waals surface area (Å²) in [7, 11) is 0. The van der Waals surface area contributed by atoms with Crippen LogP contribution in [-0.4, -0.2) is 5.97 Å². The molecule has 0 amide bonds. The summed E-state index contributed by atoms with van der Waals surface area (Å²) in [6.45, 7) is 7.01. The van der Waals surface area contributed by atoms with Crippen molar-refractivity contribution in [3.63, 3.8) is 0 Å². The summed E-state index contributed by atoms with van der Waals surface area (Å²) in [5.41, 5.74) is 7.08. The summed E-state index contributed by atoms with van der Waals surface area (Å²) in [6, 6.07) is 7.10. The molecule has 3 heteroatoms. The highest BCUT2D eigenvalue weighted by atomic mass is 16.5. The van der Waals surface area contributed by atoms with Crippen LogP contribution in [0.15, 0.2) is 36.4 Å². The first-order valence-corrected chi connectivity index (χ1v) is 4.74. The lowest BCUT2D eigenvalue weighted by atomic mass is 10.1. The van der Waals surface area contributed by atoms with Gasteiger partial charge >= 0.3 is 5.97 Å². The maximum Gasteiger partial charge on any atom is 0.338 e. The van der Waals surface area contributed by atoms with E-state index in [0.29, 0.717) is 11.3 Å². The fourth-order valence-corrected chi connectivity index (χ4v) is 1.03. The third-order valence-electron chi connectivity index (χ3n) is 1.96. The van der Waals surface area contributed by atoms with Gasteiger partial charge in [-0.3, -0.25) is 0 Å². The Kier molecular flexibility index (Phi) is 3.63. The largest absolute Gasteiger partial charge is 0.423 e. The van der Waals surface area contributed by atoms with Crippen LogP contribution in [0.1, 0.15) is 25.5 Å². The Labute approximate surface area is 89.5 Å². The molecule has 0 heterocycles. The van der Waals surface area contributed by atoms with Crippen LogP contribution in [0.4, 0.5) is 0 Å². The van der Waals surface area contributed by atoms with Crippen molar-refractivity contribution >= 4 is 5.97 Å². The van der Waals surface area contributed by atoms with E-state index in [0.717, 1.165) is 5.56 Å². The van der Waals surface area contributed by atoms with Crippen molar-refractivity contribution in [2.75, 3.05) is 0 Å². The van der Waals surface area contributed by atoms with Crippen LogP contribution in [0, 0.1) is 0 Å². The first kappa shape index (κ1) is 11.5. The number of nitrogens with two attached hydrogens (primary N) is 1. The molecule has 0 aliphatic rings. The Bertz CT molecular complexity index is 366. The minimum atomic E-state index is -0.413. The van der Waals surface area contributed by atoms with E-state index in [1.165, 1.54) is 0 Å². The van der Waals surface area contributed by atoms with Crippen LogP contribution in [0.3, 0.4) is 0 Å². The molecule has 1 unspecified atom stereocenters. The van der Waals surface area contributed by atoms with E-state index in [2.05, 4.69) is 6.58 Å². The lowest BCUT2D eigenvalue weighted by Gasteiger charge is -2.07. The van der Waals surface area contributed by atoms with Gasteiger partial charge in [-0.25, -0.2) is 4.79 Å². The number of carbonyl (C=O) groups is 1. The molecule has 0 radical (unpaired) electrons. The average molecular weight is 205 g/mol. The Morgan fingerprint density at radius 3 is 2.33 bits per heavy atom. The molecule has 1 aromatic carbocycles. The van der Waals surface area contributed by atoms with Gasteiger partial charge in [-0.2, -0.15) is 0 Å². The van der Waals surface area contributed by atoms with Gasteiger partial charge in [0.05, 0.1) is 0 Å². The number of rotatable bonds is 3. The number of carbonyl (C=O) groups excluding carboxylic acids is 1. The molecule has 1 aromatic rings. The molecule has 2 N–H and O–H groups in total. The normalized spacial score (nSPS) is 11.9. The van der Waals surface area contributed by atoms with Crippen LogP contribution in [0.25, 0.3) is 0 Å². The molecule has 0 spiro atoms. The second-order valence-corrected chi connectivity index (χ2v) is 3.53. The summed E-state index contributed by atoms with van der Waals surface area (Å²) in [6.07, 6.45) is 0. The third kappa shape index (κ3) is 3.22. The Hall–Kier alpha value is -1.61. The number of esters is 1. The van der Waals surface area contributed by atoms with E-state index >= 15 is 0 Å². The van der Waals surface area contributed by atoms with Gasteiger partial charge in [-0.1, -0.05) is 18.7 Å². The molecule has 0 fully saturated rings. The second-order valence-electron chi connectivity index (χ2n) is 3.53. The SMILES string of the molecule is C=C(C)C(=O)Oc1ccc(C(C)N)cc1. The number of hydrogen-bond donors (Lipinski definition) is 1. The van der Waals surface area contributed by atoms with Gasteiger partial charge in [0.1, 0.15) is 5.75 Å². The fraction of sp³-hybridized carbons (Fsp3) is 0.250. The van der Waals surface area contributed by atoms with E-state index < -0.39 is 5.97 Å². The van der Waals surface area contributed by atoms with E-state index in [-0.39, 0.29) is 6.04 Å². The van der Waals surface area contributed by atoms with Crippen LogP contribution in [0.2, 0.25) is 0 Å². The van der Waals surface area contributed by atoms with Gasteiger partial charge in [0.25, 0.3) is 0 Å². The van der Waals surface area contributed by atoms with Crippen LogP contribution in [0.5, 0.6) is 5.75 Å². The Balaban J connectivity index is 2.73. The first-order chi connectivity index (χ1) is 7.00. The van der Waals surface area contributed by atoms with Crippen molar-refractivity contribution in [3.05, 3.63) is 42.0 Å². The molecule has 0 saturated carbocycles. The summed E-state index contributed by atoms with van der Waals surface area (Å²) in [4.78, 5) is 11.2. The molecule has 0 bridgehead atoms. The highest BCUT2D eigenvalue weighted by Gasteiger charge is 2.05. The predicted octanol–water partition coefficient (Wildman–Crippen LogP) is 2.19. The standard InChI is InChI=1S/C12H15NO2/c1-8(2)12(14)15-11-6-4-10(5-7-11)9(3)13/h4-7,9H,1,13H2,2-3H3. The molecular formula is C12H15NO2. The van der Waals surface area contributed by atoms with Crippen molar-refractivity contribution < 1.29 is 9.53 Å². The van der Waals surface area contributed by atoms with Gasteiger partial charge in [-0.05, 0) is 31.5 Å². The molecule has 0 saturated heterocycles. The number of hydrogen-bond acceptors (Lipinski definition) is 3.